The summed E-state index contributed by atoms with van der Waals surface area (Å²) in [6, 6.07) is 7.53. The van der Waals surface area contributed by atoms with Crippen LogP contribution in [-0.4, -0.2) is 5.91 Å². The third kappa shape index (κ3) is 7.66. The van der Waals surface area contributed by atoms with Crippen LogP contribution in [0.1, 0.15) is 53.9 Å². The average Bonchev–Trinajstić information content (AvgIpc) is 2.62. The lowest BCUT2D eigenvalue weighted by molar-refractivity contribution is -0.111. The molecule has 1 aliphatic rings. The Kier molecular flexibility index (Phi) is 8.45. The Hall–Kier alpha value is -2.13. The van der Waals surface area contributed by atoms with Crippen LogP contribution in [0.4, 0.5) is 5.69 Å². The molecule has 0 aliphatic heterocycles. The van der Waals surface area contributed by atoms with E-state index in [2.05, 4.69) is 67.2 Å². The summed E-state index contributed by atoms with van der Waals surface area (Å²) in [7, 11) is 0. The van der Waals surface area contributed by atoms with Gasteiger partial charge in [-0.1, -0.05) is 71.3 Å². The number of amides is 1. The van der Waals surface area contributed by atoms with Gasteiger partial charge in [-0.3, -0.25) is 4.79 Å². The second-order valence-electron chi connectivity index (χ2n) is 8.42. The zero-order valence-electron chi connectivity index (χ0n) is 18.2. The van der Waals surface area contributed by atoms with Gasteiger partial charge in [0.1, 0.15) is 0 Å². The van der Waals surface area contributed by atoms with E-state index in [-0.39, 0.29) is 11.3 Å². The Labute approximate surface area is 184 Å². The van der Waals surface area contributed by atoms with Crippen LogP contribution in [0.2, 0.25) is 0 Å². The fourth-order valence-corrected chi connectivity index (χ4v) is 3.86. The van der Waals surface area contributed by atoms with Crippen LogP contribution in [0.5, 0.6) is 0 Å². The van der Waals surface area contributed by atoms with Crippen LogP contribution in [0, 0.1) is 5.41 Å². The summed E-state index contributed by atoms with van der Waals surface area (Å²) < 4.78 is 0.986. The first-order chi connectivity index (χ1) is 13.7. The third-order valence-corrected chi connectivity index (χ3v) is 5.77. The zero-order chi connectivity index (χ0) is 21.4. The SMILES string of the molecule is CC(C=CC1=C(C)CCCC1(C)C)=CC=CC(C)=CC(=O)Nc1ccc(Br)cc1. The van der Waals surface area contributed by atoms with Crippen molar-refractivity contribution in [1.82, 2.24) is 0 Å². The first-order valence-electron chi connectivity index (χ1n) is 10.2. The standard InChI is InChI=1S/C26H32BrNO/c1-19(11-16-24-21(3)10-7-17-26(24,4)5)8-6-9-20(2)18-25(29)28-23-14-12-22(27)13-15-23/h6,8-9,11-16,18H,7,10,17H2,1-5H3,(H,28,29). The molecule has 1 aromatic rings. The summed E-state index contributed by atoms with van der Waals surface area (Å²) in [6.45, 7) is 11.0. The molecule has 0 radical (unpaired) electrons. The summed E-state index contributed by atoms with van der Waals surface area (Å²) in [4.78, 5) is 12.1. The van der Waals surface area contributed by atoms with Gasteiger partial charge in [0.2, 0.25) is 5.91 Å². The second-order valence-corrected chi connectivity index (χ2v) is 9.33. The predicted octanol–water partition coefficient (Wildman–Crippen LogP) is 7.92. The molecule has 1 aliphatic carbocycles. The van der Waals surface area contributed by atoms with E-state index in [9.17, 15) is 4.79 Å². The predicted molar refractivity (Wildman–Crippen MR) is 129 cm³/mol. The summed E-state index contributed by atoms with van der Waals surface area (Å²) in [5.74, 6) is -0.128. The number of anilines is 1. The number of carbonyl (C=O) groups is 1. The van der Waals surface area contributed by atoms with Crippen molar-refractivity contribution in [2.45, 2.75) is 53.9 Å². The Balaban J connectivity index is 1.95. The van der Waals surface area contributed by atoms with Crippen molar-refractivity contribution in [3.8, 4) is 0 Å². The molecule has 2 nitrogen and oxygen atoms in total. The van der Waals surface area contributed by atoms with Gasteiger partial charge in [0.05, 0.1) is 0 Å². The number of hydrogen-bond acceptors (Lipinski definition) is 1. The first-order valence-corrected chi connectivity index (χ1v) is 10.9. The van der Waals surface area contributed by atoms with Crippen molar-refractivity contribution in [3.05, 3.63) is 87.5 Å². The van der Waals surface area contributed by atoms with Crippen molar-refractivity contribution in [3.63, 3.8) is 0 Å². The monoisotopic (exact) mass is 453 g/mol. The molecule has 1 aromatic carbocycles. The van der Waals surface area contributed by atoms with Gasteiger partial charge in [-0.2, -0.15) is 0 Å². The highest BCUT2D eigenvalue weighted by molar-refractivity contribution is 9.10. The molecule has 0 bridgehead atoms. The third-order valence-electron chi connectivity index (χ3n) is 5.24. The van der Waals surface area contributed by atoms with Crippen LogP contribution in [0.3, 0.4) is 0 Å². The van der Waals surface area contributed by atoms with Gasteiger partial charge in [0.15, 0.2) is 0 Å². The normalized spacial score (nSPS) is 18.0. The molecule has 0 saturated carbocycles. The molecular formula is C26H32BrNO. The Bertz CT molecular complexity index is 880. The maximum Gasteiger partial charge on any atom is 0.248 e. The van der Waals surface area contributed by atoms with Crippen molar-refractivity contribution < 1.29 is 4.79 Å². The molecule has 0 atom stereocenters. The molecule has 29 heavy (non-hydrogen) atoms. The lowest BCUT2D eigenvalue weighted by Crippen LogP contribution is -2.19. The van der Waals surface area contributed by atoms with E-state index in [1.54, 1.807) is 6.08 Å². The molecule has 1 N–H and O–H groups in total. The van der Waals surface area contributed by atoms with E-state index in [0.717, 1.165) is 15.7 Å². The van der Waals surface area contributed by atoms with Gasteiger partial charge in [0.25, 0.3) is 0 Å². The molecule has 0 aromatic heterocycles. The summed E-state index contributed by atoms with van der Waals surface area (Å²) >= 11 is 3.39. The number of allylic oxidation sites excluding steroid dienone is 9. The molecular weight excluding hydrogens is 422 g/mol. The summed E-state index contributed by atoms with van der Waals surface area (Å²) in [6.07, 6.45) is 15.8. The van der Waals surface area contributed by atoms with Crippen LogP contribution in [0.25, 0.3) is 0 Å². The Morgan fingerprint density at radius 3 is 2.45 bits per heavy atom. The highest BCUT2D eigenvalue weighted by Gasteiger charge is 2.26. The van der Waals surface area contributed by atoms with Crippen molar-refractivity contribution in [1.29, 1.82) is 0 Å². The quantitative estimate of drug-likeness (QED) is 0.343. The van der Waals surface area contributed by atoms with Gasteiger partial charge in [0, 0.05) is 16.2 Å². The molecule has 3 heteroatoms. The maximum absolute atomic E-state index is 12.1. The summed E-state index contributed by atoms with van der Waals surface area (Å²) in [5.41, 5.74) is 6.12. The topological polar surface area (TPSA) is 29.1 Å². The molecule has 154 valence electrons. The van der Waals surface area contributed by atoms with Gasteiger partial charge in [-0.15, -0.1) is 0 Å². The number of carbonyl (C=O) groups excluding carboxylic acids is 1. The molecule has 0 saturated heterocycles. The van der Waals surface area contributed by atoms with E-state index < -0.39 is 0 Å². The van der Waals surface area contributed by atoms with Crippen LogP contribution in [-0.2, 0) is 4.79 Å². The summed E-state index contributed by atoms with van der Waals surface area (Å²) in [5, 5.41) is 2.87. The van der Waals surface area contributed by atoms with E-state index >= 15 is 0 Å². The lowest BCUT2D eigenvalue weighted by Gasteiger charge is -2.32. The number of hydrogen-bond donors (Lipinski definition) is 1. The van der Waals surface area contributed by atoms with Gasteiger partial charge in [-0.05, 0) is 80.9 Å². The fraction of sp³-hybridized carbons (Fsp3) is 0.346. The number of rotatable bonds is 6. The smallest absolute Gasteiger partial charge is 0.248 e. The molecule has 0 fully saturated rings. The molecule has 0 heterocycles. The molecule has 1 amide bonds. The van der Waals surface area contributed by atoms with E-state index in [1.165, 1.54) is 36.0 Å². The van der Waals surface area contributed by atoms with Gasteiger partial charge < -0.3 is 5.32 Å². The van der Waals surface area contributed by atoms with Crippen LogP contribution < -0.4 is 5.32 Å². The number of halogens is 1. The van der Waals surface area contributed by atoms with Gasteiger partial charge in [-0.25, -0.2) is 0 Å². The van der Waals surface area contributed by atoms with Crippen LogP contribution in [0.15, 0.2) is 87.5 Å². The van der Waals surface area contributed by atoms with E-state index in [1.807, 2.05) is 43.3 Å². The molecule has 0 unspecified atom stereocenters. The maximum atomic E-state index is 12.1. The highest BCUT2D eigenvalue weighted by atomic mass is 79.9. The first kappa shape index (κ1) is 23.2. The number of benzene rings is 1. The lowest BCUT2D eigenvalue weighted by atomic mass is 9.72. The van der Waals surface area contributed by atoms with Crippen molar-refractivity contribution >= 4 is 27.5 Å². The minimum Gasteiger partial charge on any atom is -0.323 e. The zero-order valence-corrected chi connectivity index (χ0v) is 19.8. The van der Waals surface area contributed by atoms with E-state index in [4.69, 9.17) is 0 Å². The molecule has 2 rings (SSSR count). The minimum absolute atomic E-state index is 0.128. The minimum atomic E-state index is -0.128. The average molecular weight is 454 g/mol. The van der Waals surface area contributed by atoms with Crippen molar-refractivity contribution in [2.24, 2.45) is 5.41 Å². The van der Waals surface area contributed by atoms with Gasteiger partial charge >= 0.3 is 0 Å². The second kappa shape index (κ2) is 10.6. The largest absolute Gasteiger partial charge is 0.323 e. The number of nitrogens with one attached hydrogen (secondary N) is 1. The van der Waals surface area contributed by atoms with Crippen molar-refractivity contribution in [2.75, 3.05) is 5.32 Å². The fourth-order valence-electron chi connectivity index (χ4n) is 3.60. The highest BCUT2D eigenvalue weighted by Crippen LogP contribution is 2.40. The molecule has 0 spiro atoms. The van der Waals surface area contributed by atoms with Crippen LogP contribution >= 0.6 is 15.9 Å². The Morgan fingerprint density at radius 2 is 1.79 bits per heavy atom. The van der Waals surface area contributed by atoms with E-state index in [0.29, 0.717) is 0 Å². The Morgan fingerprint density at radius 1 is 1.10 bits per heavy atom.